The number of carboxylic acids is 1. The quantitative estimate of drug-likeness (QED) is 0.353. The second-order valence-corrected chi connectivity index (χ2v) is 2.67. The molecule has 0 saturated carbocycles. The fraction of sp³-hybridized carbons (Fsp3) is 0.556. The summed E-state index contributed by atoms with van der Waals surface area (Å²) in [5, 5.41) is 21.8. The van der Waals surface area contributed by atoms with Crippen molar-refractivity contribution in [3.63, 3.8) is 0 Å². The van der Waals surface area contributed by atoms with Gasteiger partial charge in [-0.3, -0.25) is 0 Å². The summed E-state index contributed by atoms with van der Waals surface area (Å²) in [6, 6.07) is -0.520. The largest absolute Gasteiger partial charge is 0.479 e. The van der Waals surface area contributed by atoms with Gasteiger partial charge in [0.1, 0.15) is 0 Å². The number of aliphatic carboxylic acids is 1. The summed E-state index contributed by atoms with van der Waals surface area (Å²) >= 11 is 0. The van der Waals surface area contributed by atoms with E-state index < -0.39 is 18.1 Å². The van der Waals surface area contributed by atoms with Gasteiger partial charge in [0.2, 0.25) is 0 Å². The topological polar surface area (TPSA) is 98.7 Å². The Morgan fingerprint density at radius 3 is 2.60 bits per heavy atom. The first-order chi connectivity index (χ1) is 7.07. The van der Waals surface area contributed by atoms with Crippen LogP contribution in [-0.4, -0.2) is 41.4 Å². The number of aliphatic hydroxyl groups excluding tert-OH is 1. The zero-order chi connectivity index (χ0) is 11.7. The van der Waals surface area contributed by atoms with Crippen molar-refractivity contribution in [1.82, 2.24) is 10.6 Å². The molecule has 15 heavy (non-hydrogen) atoms. The van der Waals surface area contributed by atoms with E-state index in [1.165, 1.54) is 0 Å². The molecule has 2 amide bonds. The number of carbonyl (C=O) groups is 2. The molecule has 1 unspecified atom stereocenters. The second-order valence-electron chi connectivity index (χ2n) is 2.67. The Morgan fingerprint density at radius 1 is 1.40 bits per heavy atom. The third kappa shape index (κ3) is 7.34. The molecule has 84 valence electrons. The van der Waals surface area contributed by atoms with Crippen LogP contribution in [0.1, 0.15) is 13.3 Å². The standard InChI is InChI=1S/C9H14N2O4/c1-2-3-4-5-10-9(15)11-6-7(12)8(13)14/h7,12H,4-6H2,1H3,(H,13,14)(H2,10,11,15). The molecular weight excluding hydrogens is 200 g/mol. The first-order valence-electron chi connectivity index (χ1n) is 4.40. The summed E-state index contributed by atoms with van der Waals surface area (Å²) in [7, 11) is 0. The van der Waals surface area contributed by atoms with Gasteiger partial charge >= 0.3 is 12.0 Å². The number of aliphatic hydroxyl groups is 1. The third-order valence-corrected chi connectivity index (χ3v) is 1.45. The lowest BCUT2D eigenvalue weighted by Crippen LogP contribution is -2.42. The Hall–Kier alpha value is -1.74. The molecule has 0 aliphatic rings. The molecular formula is C9H14N2O4. The van der Waals surface area contributed by atoms with E-state index in [4.69, 9.17) is 10.2 Å². The summed E-state index contributed by atoms with van der Waals surface area (Å²) < 4.78 is 0. The summed E-state index contributed by atoms with van der Waals surface area (Å²) in [5.74, 6) is 4.05. The van der Waals surface area contributed by atoms with Crippen molar-refractivity contribution in [3.05, 3.63) is 0 Å². The number of rotatable bonds is 5. The minimum absolute atomic E-state index is 0.319. The summed E-state index contributed by atoms with van der Waals surface area (Å²) in [5.41, 5.74) is 0. The average molecular weight is 214 g/mol. The van der Waals surface area contributed by atoms with Crippen molar-refractivity contribution >= 4 is 12.0 Å². The van der Waals surface area contributed by atoms with Crippen LogP contribution in [-0.2, 0) is 4.79 Å². The van der Waals surface area contributed by atoms with Crippen LogP contribution in [0, 0.1) is 11.8 Å². The highest BCUT2D eigenvalue weighted by atomic mass is 16.4. The molecule has 0 aliphatic heterocycles. The molecule has 0 radical (unpaired) electrons. The predicted molar refractivity (Wildman–Crippen MR) is 53.1 cm³/mol. The zero-order valence-corrected chi connectivity index (χ0v) is 8.41. The Morgan fingerprint density at radius 2 is 2.07 bits per heavy atom. The van der Waals surface area contributed by atoms with Crippen LogP contribution in [0.25, 0.3) is 0 Å². The van der Waals surface area contributed by atoms with E-state index in [1.807, 2.05) is 0 Å². The predicted octanol–water partition coefficient (Wildman–Crippen LogP) is -0.855. The average Bonchev–Trinajstić information content (AvgIpc) is 2.20. The van der Waals surface area contributed by atoms with Crippen molar-refractivity contribution in [2.75, 3.05) is 13.1 Å². The molecule has 6 nitrogen and oxygen atoms in total. The van der Waals surface area contributed by atoms with Crippen LogP contribution >= 0.6 is 0 Å². The first kappa shape index (κ1) is 13.3. The molecule has 0 aromatic rings. The number of hydrogen-bond donors (Lipinski definition) is 4. The molecule has 0 spiro atoms. The monoisotopic (exact) mass is 214 g/mol. The van der Waals surface area contributed by atoms with Crippen molar-refractivity contribution in [3.8, 4) is 11.8 Å². The molecule has 0 bridgehead atoms. The lowest BCUT2D eigenvalue weighted by atomic mass is 10.3. The first-order valence-corrected chi connectivity index (χ1v) is 4.40. The van der Waals surface area contributed by atoms with E-state index in [-0.39, 0.29) is 6.54 Å². The molecule has 1 atom stereocenters. The van der Waals surface area contributed by atoms with Gasteiger partial charge in [-0.25, -0.2) is 9.59 Å². The van der Waals surface area contributed by atoms with E-state index in [0.717, 1.165) is 0 Å². The van der Waals surface area contributed by atoms with Gasteiger partial charge < -0.3 is 20.8 Å². The minimum atomic E-state index is -1.58. The lowest BCUT2D eigenvalue weighted by molar-refractivity contribution is -0.146. The molecule has 0 aliphatic carbocycles. The minimum Gasteiger partial charge on any atom is -0.479 e. The zero-order valence-electron chi connectivity index (χ0n) is 8.41. The van der Waals surface area contributed by atoms with Crippen molar-refractivity contribution in [2.45, 2.75) is 19.4 Å². The molecule has 6 heteroatoms. The number of hydrogen-bond acceptors (Lipinski definition) is 3. The summed E-state index contributed by atoms with van der Waals surface area (Å²) in [6.45, 7) is 1.76. The van der Waals surface area contributed by atoms with Crippen LogP contribution in [0.15, 0.2) is 0 Å². The van der Waals surface area contributed by atoms with Crippen LogP contribution < -0.4 is 10.6 Å². The fourth-order valence-corrected chi connectivity index (χ4v) is 0.703. The lowest BCUT2D eigenvalue weighted by Gasteiger charge is -2.08. The van der Waals surface area contributed by atoms with Gasteiger partial charge in [0.15, 0.2) is 6.10 Å². The van der Waals surface area contributed by atoms with Crippen LogP contribution in [0.3, 0.4) is 0 Å². The van der Waals surface area contributed by atoms with Gasteiger partial charge in [0.05, 0.1) is 6.54 Å². The van der Waals surface area contributed by atoms with E-state index >= 15 is 0 Å². The molecule has 0 fully saturated rings. The van der Waals surface area contributed by atoms with Gasteiger partial charge in [0.25, 0.3) is 0 Å². The van der Waals surface area contributed by atoms with Crippen LogP contribution in [0.4, 0.5) is 4.79 Å². The van der Waals surface area contributed by atoms with E-state index in [2.05, 4.69) is 22.5 Å². The Labute approximate surface area is 87.7 Å². The van der Waals surface area contributed by atoms with E-state index in [0.29, 0.717) is 13.0 Å². The maximum atomic E-state index is 11.0. The summed E-state index contributed by atoms with van der Waals surface area (Å²) in [6.07, 6.45) is -1.04. The van der Waals surface area contributed by atoms with Crippen molar-refractivity contribution < 1.29 is 19.8 Å². The Kier molecular flexibility index (Phi) is 6.76. The number of carbonyl (C=O) groups excluding carboxylic acids is 1. The number of carboxylic acid groups (broad SMARTS) is 1. The highest BCUT2D eigenvalue weighted by Crippen LogP contribution is 1.80. The Balaban J connectivity index is 3.56. The number of nitrogens with one attached hydrogen (secondary N) is 2. The van der Waals surface area contributed by atoms with Gasteiger partial charge in [0, 0.05) is 13.0 Å². The normalized spacial score (nSPS) is 10.8. The third-order valence-electron chi connectivity index (χ3n) is 1.45. The highest BCUT2D eigenvalue weighted by Gasteiger charge is 2.13. The van der Waals surface area contributed by atoms with Gasteiger partial charge in [-0.05, 0) is 6.92 Å². The highest BCUT2D eigenvalue weighted by molar-refractivity contribution is 5.76. The maximum Gasteiger partial charge on any atom is 0.334 e. The fourth-order valence-electron chi connectivity index (χ4n) is 0.703. The van der Waals surface area contributed by atoms with Crippen molar-refractivity contribution in [1.29, 1.82) is 0 Å². The second kappa shape index (κ2) is 7.64. The SMILES string of the molecule is CC#CCCNC(=O)NCC(O)C(=O)O. The van der Waals surface area contributed by atoms with Gasteiger partial charge in [-0.15, -0.1) is 11.8 Å². The Bertz CT molecular complexity index is 280. The van der Waals surface area contributed by atoms with E-state index in [1.54, 1.807) is 6.92 Å². The van der Waals surface area contributed by atoms with Crippen molar-refractivity contribution in [2.24, 2.45) is 0 Å². The molecule has 0 rings (SSSR count). The molecule has 4 N–H and O–H groups in total. The van der Waals surface area contributed by atoms with Crippen LogP contribution in [0.5, 0.6) is 0 Å². The number of urea groups is 1. The molecule has 0 aromatic carbocycles. The maximum absolute atomic E-state index is 11.0. The van der Waals surface area contributed by atoms with Crippen LogP contribution in [0.2, 0.25) is 0 Å². The van der Waals surface area contributed by atoms with Gasteiger partial charge in [-0.1, -0.05) is 0 Å². The molecule has 0 saturated heterocycles. The van der Waals surface area contributed by atoms with Gasteiger partial charge in [-0.2, -0.15) is 0 Å². The van der Waals surface area contributed by atoms with E-state index in [9.17, 15) is 9.59 Å². The smallest absolute Gasteiger partial charge is 0.334 e. The molecule has 0 aromatic heterocycles. The molecule has 0 heterocycles. The summed E-state index contributed by atoms with van der Waals surface area (Å²) in [4.78, 5) is 21.1. The number of amides is 2.